The van der Waals surface area contributed by atoms with Crippen molar-refractivity contribution in [1.29, 1.82) is 0 Å². The quantitative estimate of drug-likeness (QED) is 0.139. The molecular formula is C33H29F4N3O4. The summed E-state index contributed by atoms with van der Waals surface area (Å²) in [5, 5.41) is 3.12. The van der Waals surface area contributed by atoms with Gasteiger partial charge in [0.1, 0.15) is 35.3 Å². The van der Waals surface area contributed by atoms with Crippen molar-refractivity contribution < 1.29 is 31.9 Å². The molecule has 7 nitrogen and oxygen atoms in total. The molecule has 0 bridgehead atoms. The summed E-state index contributed by atoms with van der Waals surface area (Å²) in [5.41, 5.74) is 4.24. The molecule has 0 aliphatic heterocycles. The molecule has 4 aromatic rings. The molecule has 11 heteroatoms. The number of ether oxygens (including phenoxy) is 1. The molecule has 1 aromatic heterocycles. The molecule has 3 N–H and O–H groups in total. The smallest absolute Gasteiger partial charge is 0.328 e. The zero-order valence-corrected chi connectivity index (χ0v) is 23.5. The number of nitrogens with two attached hydrogens (primary N) is 1. The Kier molecular flexibility index (Phi) is 9.24. The van der Waals surface area contributed by atoms with E-state index in [0.29, 0.717) is 16.2 Å². The Morgan fingerprint density at radius 2 is 1.55 bits per heavy atom. The lowest BCUT2D eigenvalue weighted by Gasteiger charge is -2.21. The average Bonchev–Trinajstić information content (AvgIpc) is 3.50. The van der Waals surface area contributed by atoms with Crippen LogP contribution < -0.4 is 16.6 Å². The lowest BCUT2D eigenvalue weighted by Crippen LogP contribution is -2.33. The Morgan fingerprint density at radius 1 is 0.886 bits per heavy atom. The van der Waals surface area contributed by atoms with Crippen LogP contribution in [0.15, 0.2) is 77.6 Å². The molecule has 3 aromatic carbocycles. The Hall–Kier alpha value is -4.77. The maximum absolute atomic E-state index is 15.4. The van der Waals surface area contributed by atoms with Crippen LogP contribution in [0.2, 0.25) is 0 Å². The molecule has 1 aliphatic carbocycles. The number of nitrogens with zero attached hydrogens (tertiary/aromatic N) is 1. The van der Waals surface area contributed by atoms with Gasteiger partial charge in [-0.1, -0.05) is 30.3 Å². The maximum Gasteiger partial charge on any atom is 0.328 e. The molecule has 1 aliphatic rings. The third-order valence-electron chi connectivity index (χ3n) is 7.57. The molecule has 0 amide bonds. The van der Waals surface area contributed by atoms with Crippen LogP contribution in [0.4, 0.5) is 23.4 Å². The molecule has 0 radical (unpaired) electrons. The van der Waals surface area contributed by atoms with E-state index in [1.54, 1.807) is 24.3 Å². The lowest BCUT2D eigenvalue weighted by atomic mass is 10.0. The van der Waals surface area contributed by atoms with Crippen LogP contribution in [0.1, 0.15) is 58.8 Å². The number of nitrogen functional groups attached to an aromatic ring is 1. The zero-order valence-electron chi connectivity index (χ0n) is 23.5. The summed E-state index contributed by atoms with van der Waals surface area (Å²) in [4.78, 5) is 38.6. The maximum atomic E-state index is 15.4. The van der Waals surface area contributed by atoms with Gasteiger partial charge in [0.25, 0.3) is 5.56 Å². The second-order valence-electron chi connectivity index (χ2n) is 10.6. The number of ketones is 1. The van der Waals surface area contributed by atoms with Crippen molar-refractivity contribution in [3.8, 4) is 5.69 Å². The Morgan fingerprint density at radius 3 is 2.20 bits per heavy atom. The number of nitrogens with one attached hydrogen (secondary N) is 1. The van der Waals surface area contributed by atoms with E-state index in [1.807, 2.05) is 6.07 Å². The van der Waals surface area contributed by atoms with E-state index in [4.69, 9.17) is 10.5 Å². The van der Waals surface area contributed by atoms with Gasteiger partial charge in [0, 0.05) is 18.7 Å². The van der Waals surface area contributed by atoms with Crippen LogP contribution in [0.3, 0.4) is 0 Å². The summed E-state index contributed by atoms with van der Waals surface area (Å²) in [6.45, 7) is 0.160. The molecule has 1 atom stereocenters. The first-order valence-electron chi connectivity index (χ1n) is 14.1. The Balaban J connectivity index is 1.36. The molecule has 0 saturated heterocycles. The lowest BCUT2D eigenvalue weighted by molar-refractivity contribution is -0.151. The summed E-state index contributed by atoms with van der Waals surface area (Å²) < 4.78 is 64.6. The fourth-order valence-corrected chi connectivity index (χ4v) is 5.35. The van der Waals surface area contributed by atoms with Crippen molar-refractivity contribution in [2.75, 3.05) is 12.3 Å². The highest BCUT2D eigenvalue weighted by Crippen LogP contribution is 2.26. The SMILES string of the molecule is Nc1c(C(=O)c2ccc(F)cc2F)ccc(=O)n1-c1c(F)cc(CCN[C@@H](C(=O)OC2CCCC2)c2ccccc2)cc1F. The van der Waals surface area contributed by atoms with Crippen molar-refractivity contribution in [1.82, 2.24) is 9.88 Å². The van der Waals surface area contributed by atoms with E-state index in [9.17, 15) is 23.2 Å². The average molecular weight is 608 g/mol. The molecule has 0 spiro atoms. The predicted molar refractivity (Wildman–Crippen MR) is 155 cm³/mol. The van der Waals surface area contributed by atoms with Crippen LogP contribution in [0.25, 0.3) is 5.69 Å². The van der Waals surface area contributed by atoms with Crippen LogP contribution in [-0.2, 0) is 16.0 Å². The van der Waals surface area contributed by atoms with Gasteiger partial charge in [-0.15, -0.1) is 0 Å². The topological polar surface area (TPSA) is 103 Å². The van der Waals surface area contributed by atoms with Gasteiger partial charge < -0.3 is 15.8 Å². The van der Waals surface area contributed by atoms with Gasteiger partial charge >= 0.3 is 5.97 Å². The standard InChI is InChI=1S/C33H29F4N3O4/c34-21-10-11-23(25(35)18-21)31(42)24-12-13-28(41)40(32(24)38)30-26(36)16-19(17-27(30)37)14-15-39-29(20-6-2-1-3-7-20)33(43)44-22-8-4-5-9-22/h1-3,6-7,10-13,16-18,22,29,39H,4-5,8-9,14-15,38H2/t29-/m1/s1. The summed E-state index contributed by atoms with van der Waals surface area (Å²) in [6, 6.07) is 14.4. The van der Waals surface area contributed by atoms with Crippen molar-refractivity contribution in [3.63, 3.8) is 0 Å². The molecule has 228 valence electrons. The highest BCUT2D eigenvalue weighted by molar-refractivity contribution is 6.11. The van der Waals surface area contributed by atoms with Gasteiger partial charge in [0.2, 0.25) is 0 Å². The number of aromatic nitrogens is 1. The van der Waals surface area contributed by atoms with E-state index < -0.39 is 69.3 Å². The molecule has 1 heterocycles. The second kappa shape index (κ2) is 13.3. The van der Waals surface area contributed by atoms with Gasteiger partial charge in [-0.25, -0.2) is 22.4 Å². The third-order valence-corrected chi connectivity index (χ3v) is 7.57. The minimum Gasteiger partial charge on any atom is -0.461 e. The van der Waals surface area contributed by atoms with Gasteiger partial charge in [-0.05, 0) is 73.6 Å². The first kappa shape index (κ1) is 30.7. The minimum atomic E-state index is -1.16. The number of benzene rings is 3. The van der Waals surface area contributed by atoms with Crippen LogP contribution in [0.5, 0.6) is 0 Å². The largest absolute Gasteiger partial charge is 0.461 e. The highest BCUT2D eigenvalue weighted by atomic mass is 19.1. The fourth-order valence-electron chi connectivity index (χ4n) is 5.35. The number of pyridine rings is 1. The number of halogens is 4. The monoisotopic (exact) mass is 607 g/mol. The fraction of sp³-hybridized carbons (Fsp3) is 0.242. The van der Waals surface area contributed by atoms with E-state index in [0.717, 1.165) is 62.1 Å². The summed E-state index contributed by atoms with van der Waals surface area (Å²) >= 11 is 0. The van der Waals surface area contributed by atoms with Gasteiger partial charge in [0.15, 0.2) is 17.4 Å². The van der Waals surface area contributed by atoms with Gasteiger partial charge in [0.05, 0.1) is 11.1 Å². The molecule has 44 heavy (non-hydrogen) atoms. The minimum absolute atomic E-state index is 0.112. The number of anilines is 1. The van der Waals surface area contributed by atoms with Crippen LogP contribution in [-0.4, -0.2) is 29.0 Å². The second-order valence-corrected chi connectivity index (χ2v) is 10.6. The van der Waals surface area contributed by atoms with E-state index in [-0.39, 0.29) is 24.6 Å². The van der Waals surface area contributed by atoms with Crippen molar-refractivity contribution in [2.24, 2.45) is 0 Å². The summed E-state index contributed by atoms with van der Waals surface area (Å²) in [5.74, 6) is -6.39. The molecule has 5 rings (SSSR count). The number of hydrogen-bond donors (Lipinski definition) is 2. The van der Waals surface area contributed by atoms with Crippen molar-refractivity contribution in [3.05, 3.63) is 129 Å². The first-order valence-corrected chi connectivity index (χ1v) is 14.1. The number of esters is 1. The summed E-state index contributed by atoms with van der Waals surface area (Å²) in [6.07, 6.45) is 3.60. The first-order chi connectivity index (χ1) is 21.1. The third kappa shape index (κ3) is 6.57. The van der Waals surface area contributed by atoms with Crippen LogP contribution in [0, 0.1) is 23.3 Å². The van der Waals surface area contributed by atoms with Crippen molar-refractivity contribution in [2.45, 2.75) is 44.2 Å². The number of rotatable bonds is 10. The predicted octanol–water partition coefficient (Wildman–Crippen LogP) is 5.57. The van der Waals surface area contributed by atoms with Crippen molar-refractivity contribution >= 4 is 17.6 Å². The van der Waals surface area contributed by atoms with E-state index >= 15 is 8.78 Å². The number of hydrogen-bond acceptors (Lipinski definition) is 6. The molecular weight excluding hydrogens is 578 g/mol. The summed E-state index contributed by atoms with van der Waals surface area (Å²) in [7, 11) is 0. The van der Waals surface area contributed by atoms with E-state index in [1.165, 1.54) is 0 Å². The normalized spacial score (nSPS) is 14.0. The van der Waals surface area contributed by atoms with Crippen LogP contribution >= 0.6 is 0 Å². The van der Waals surface area contributed by atoms with E-state index in [2.05, 4.69) is 5.32 Å². The molecule has 0 unspecified atom stereocenters. The zero-order chi connectivity index (χ0) is 31.4. The van der Waals surface area contributed by atoms with Gasteiger partial charge in [-0.3, -0.25) is 14.2 Å². The van der Waals surface area contributed by atoms with Gasteiger partial charge in [-0.2, -0.15) is 0 Å². The number of carbonyl (C=O) groups is 2. The Bertz CT molecular complexity index is 1730. The number of carbonyl (C=O) groups excluding carboxylic acids is 2. The molecule has 1 saturated carbocycles. The Labute approximate surface area is 250 Å². The highest BCUT2D eigenvalue weighted by Gasteiger charge is 2.27. The molecule has 1 fully saturated rings.